The molecule has 1 aliphatic heterocycles. The van der Waals surface area contributed by atoms with E-state index < -0.39 is 0 Å². The van der Waals surface area contributed by atoms with E-state index in [0.717, 1.165) is 45.6 Å². The number of thioether (sulfide) groups is 1. The Hall–Kier alpha value is -0.720. The molecule has 4 nitrogen and oxygen atoms in total. The Morgan fingerprint density at radius 3 is 3.00 bits per heavy atom. The lowest BCUT2D eigenvalue weighted by molar-refractivity contribution is 0.0794. The Morgan fingerprint density at radius 2 is 2.35 bits per heavy atom. The first kappa shape index (κ1) is 15.7. The molecule has 0 aromatic carbocycles. The molecule has 0 unspecified atom stereocenters. The number of nitrogens with two attached hydrogens (primary N) is 1. The summed E-state index contributed by atoms with van der Waals surface area (Å²) in [4.78, 5) is 5.89. The molecule has 1 aromatic heterocycles. The van der Waals surface area contributed by atoms with Crippen LogP contribution in [0.15, 0.2) is 22.5 Å². The fourth-order valence-corrected chi connectivity index (χ4v) is 3.70. The van der Waals surface area contributed by atoms with E-state index in [4.69, 9.17) is 10.5 Å². The number of ether oxygens (including phenoxy) is 1. The Labute approximate surface area is 129 Å². The first-order valence-electron chi connectivity index (χ1n) is 6.93. The van der Waals surface area contributed by atoms with Crippen molar-refractivity contribution in [3.8, 4) is 0 Å². The van der Waals surface area contributed by atoms with Crippen LogP contribution in [0.2, 0.25) is 0 Å². The van der Waals surface area contributed by atoms with Gasteiger partial charge in [0.05, 0.1) is 6.54 Å². The smallest absolute Gasteiger partial charge is 0.188 e. The Kier molecular flexibility index (Phi) is 6.19. The van der Waals surface area contributed by atoms with Crippen LogP contribution in [0.4, 0.5) is 0 Å². The molecule has 3 N–H and O–H groups in total. The molecule has 6 heteroatoms. The molecule has 112 valence electrons. The standard InChI is InChI=1S/C14H23N3OS2/c1-19-14(5-8-18-9-6-14)11-17-13(15)16-7-4-12-3-2-10-20-12/h2-3,10H,4-9,11H2,1H3,(H3,15,16,17). The van der Waals surface area contributed by atoms with Crippen LogP contribution in [0.5, 0.6) is 0 Å². The molecule has 2 heterocycles. The second kappa shape index (κ2) is 7.90. The van der Waals surface area contributed by atoms with Crippen molar-refractivity contribution in [2.75, 3.05) is 32.6 Å². The topological polar surface area (TPSA) is 59.6 Å². The normalized spacial score (nSPS) is 18.9. The second-order valence-electron chi connectivity index (χ2n) is 4.96. The van der Waals surface area contributed by atoms with E-state index in [2.05, 4.69) is 34.1 Å². The van der Waals surface area contributed by atoms with Crippen molar-refractivity contribution in [1.82, 2.24) is 5.32 Å². The van der Waals surface area contributed by atoms with Gasteiger partial charge in [-0.25, -0.2) is 0 Å². The SMILES string of the molecule is CSC1(CN=C(N)NCCc2cccs2)CCOCC1. The van der Waals surface area contributed by atoms with Gasteiger partial charge in [-0.3, -0.25) is 4.99 Å². The number of hydrogen-bond acceptors (Lipinski definition) is 4. The van der Waals surface area contributed by atoms with Crippen LogP contribution in [-0.2, 0) is 11.2 Å². The third kappa shape index (κ3) is 4.68. The van der Waals surface area contributed by atoms with Crippen LogP contribution in [0.3, 0.4) is 0 Å². The van der Waals surface area contributed by atoms with E-state index in [1.54, 1.807) is 11.3 Å². The lowest BCUT2D eigenvalue weighted by Gasteiger charge is -2.34. The van der Waals surface area contributed by atoms with E-state index in [-0.39, 0.29) is 4.75 Å². The number of hydrogen-bond donors (Lipinski definition) is 2. The van der Waals surface area contributed by atoms with Crippen molar-refractivity contribution >= 4 is 29.1 Å². The maximum Gasteiger partial charge on any atom is 0.188 e. The predicted molar refractivity (Wildman–Crippen MR) is 88.8 cm³/mol. The molecule has 0 bridgehead atoms. The molecular weight excluding hydrogens is 290 g/mol. The van der Waals surface area contributed by atoms with Crippen LogP contribution in [0, 0.1) is 0 Å². The van der Waals surface area contributed by atoms with Crippen molar-refractivity contribution in [3.63, 3.8) is 0 Å². The highest BCUT2D eigenvalue weighted by molar-refractivity contribution is 8.00. The van der Waals surface area contributed by atoms with Crippen molar-refractivity contribution in [2.45, 2.75) is 24.0 Å². The molecule has 2 rings (SSSR count). The fourth-order valence-electron chi connectivity index (χ4n) is 2.22. The van der Waals surface area contributed by atoms with Crippen molar-refractivity contribution in [2.24, 2.45) is 10.7 Å². The average Bonchev–Trinajstić information content (AvgIpc) is 2.99. The maximum absolute atomic E-state index is 5.95. The summed E-state index contributed by atoms with van der Waals surface area (Å²) in [6.45, 7) is 3.28. The Morgan fingerprint density at radius 1 is 1.55 bits per heavy atom. The number of nitrogens with zero attached hydrogens (tertiary/aromatic N) is 1. The van der Waals surface area contributed by atoms with Crippen molar-refractivity contribution in [1.29, 1.82) is 0 Å². The molecule has 1 fully saturated rings. The first-order valence-corrected chi connectivity index (χ1v) is 9.04. The first-order chi connectivity index (χ1) is 9.74. The van der Waals surface area contributed by atoms with E-state index in [1.807, 2.05) is 11.8 Å². The zero-order valence-corrected chi connectivity index (χ0v) is 13.6. The van der Waals surface area contributed by atoms with Crippen LogP contribution in [-0.4, -0.2) is 43.3 Å². The van der Waals surface area contributed by atoms with Gasteiger partial charge in [0.15, 0.2) is 5.96 Å². The summed E-state index contributed by atoms with van der Waals surface area (Å²) in [6, 6.07) is 4.22. The Bertz CT molecular complexity index is 414. The molecule has 0 spiro atoms. The zero-order valence-electron chi connectivity index (χ0n) is 11.9. The van der Waals surface area contributed by atoms with Gasteiger partial charge < -0.3 is 15.8 Å². The molecule has 0 radical (unpaired) electrons. The number of nitrogens with one attached hydrogen (secondary N) is 1. The minimum atomic E-state index is 0.207. The van der Waals surface area contributed by atoms with E-state index >= 15 is 0 Å². The molecule has 0 saturated carbocycles. The largest absolute Gasteiger partial charge is 0.381 e. The third-order valence-corrected chi connectivity index (χ3v) is 5.97. The summed E-state index contributed by atoms with van der Waals surface area (Å²) in [5.41, 5.74) is 5.95. The fraction of sp³-hybridized carbons (Fsp3) is 0.643. The van der Waals surface area contributed by atoms with Gasteiger partial charge in [0.25, 0.3) is 0 Å². The lowest BCUT2D eigenvalue weighted by atomic mass is 9.99. The minimum absolute atomic E-state index is 0.207. The minimum Gasteiger partial charge on any atom is -0.381 e. The molecule has 0 aliphatic carbocycles. The number of thiophene rings is 1. The van der Waals surface area contributed by atoms with Gasteiger partial charge in [-0.15, -0.1) is 11.3 Å². The highest BCUT2D eigenvalue weighted by atomic mass is 32.2. The summed E-state index contributed by atoms with van der Waals surface area (Å²) < 4.78 is 5.64. The van der Waals surface area contributed by atoms with Crippen LogP contribution in [0.1, 0.15) is 17.7 Å². The maximum atomic E-state index is 5.95. The molecule has 0 atom stereocenters. The molecule has 1 aliphatic rings. The molecule has 20 heavy (non-hydrogen) atoms. The molecule has 1 aromatic rings. The monoisotopic (exact) mass is 313 g/mol. The number of guanidine groups is 1. The summed E-state index contributed by atoms with van der Waals surface area (Å²) in [7, 11) is 0. The highest BCUT2D eigenvalue weighted by Gasteiger charge is 2.31. The van der Waals surface area contributed by atoms with Gasteiger partial charge in [-0.2, -0.15) is 11.8 Å². The summed E-state index contributed by atoms with van der Waals surface area (Å²) in [5, 5.41) is 5.29. The van der Waals surface area contributed by atoms with Crippen LogP contribution < -0.4 is 11.1 Å². The highest BCUT2D eigenvalue weighted by Crippen LogP contribution is 2.33. The number of aliphatic imine (C=N–C) groups is 1. The quantitative estimate of drug-likeness (QED) is 0.624. The van der Waals surface area contributed by atoms with Gasteiger partial charge >= 0.3 is 0 Å². The van der Waals surface area contributed by atoms with Crippen LogP contribution in [0.25, 0.3) is 0 Å². The number of rotatable bonds is 6. The van der Waals surface area contributed by atoms with Gasteiger partial charge in [0, 0.05) is 29.4 Å². The molecule has 0 amide bonds. The molecule has 1 saturated heterocycles. The summed E-state index contributed by atoms with van der Waals surface area (Å²) >= 11 is 3.66. The van der Waals surface area contributed by atoms with Crippen LogP contribution >= 0.6 is 23.1 Å². The average molecular weight is 313 g/mol. The lowest BCUT2D eigenvalue weighted by Crippen LogP contribution is -2.39. The summed E-state index contributed by atoms with van der Waals surface area (Å²) in [6.07, 6.45) is 5.26. The van der Waals surface area contributed by atoms with Crippen molar-refractivity contribution in [3.05, 3.63) is 22.4 Å². The van der Waals surface area contributed by atoms with Gasteiger partial charge in [0.1, 0.15) is 0 Å². The van der Waals surface area contributed by atoms with Gasteiger partial charge in [-0.05, 0) is 37.0 Å². The van der Waals surface area contributed by atoms with Gasteiger partial charge in [-0.1, -0.05) is 6.07 Å². The Balaban J connectivity index is 1.74. The third-order valence-electron chi connectivity index (χ3n) is 3.63. The predicted octanol–water partition coefficient (Wildman–Crippen LogP) is 2.11. The zero-order chi connectivity index (χ0) is 14.3. The molecular formula is C14H23N3OS2. The summed E-state index contributed by atoms with van der Waals surface area (Å²) in [5.74, 6) is 0.557. The second-order valence-corrected chi connectivity index (χ2v) is 7.26. The van der Waals surface area contributed by atoms with E-state index in [0.29, 0.717) is 5.96 Å². The van der Waals surface area contributed by atoms with E-state index in [9.17, 15) is 0 Å². The van der Waals surface area contributed by atoms with Crippen molar-refractivity contribution < 1.29 is 4.74 Å². The van der Waals surface area contributed by atoms with E-state index in [1.165, 1.54) is 4.88 Å². The van der Waals surface area contributed by atoms with Gasteiger partial charge in [0.2, 0.25) is 0 Å².